The lowest BCUT2D eigenvalue weighted by atomic mass is 9.70. The van der Waals surface area contributed by atoms with Crippen LogP contribution in [0.5, 0.6) is 23.0 Å². The predicted octanol–water partition coefficient (Wildman–Crippen LogP) is 9.86. The third-order valence-corrected chi connectivity index (χ3v) is 10.1. The zero-order valence-corrected chi connectivity index (χ0v) is 33.3. The van der Waals surface area contributed by atoms with Crippen molar-refractivity contribution in [2.45, 2.75) is 26.2 Å². The number of ether oxygens (including phenoxy) is 4. The van der Waals surface area contributed by atoms with Gasteiger partial charge in [0.1, 0.15) is 24.9 Å². The van der Waals surface area contributed by atoms with E-state index in [-0.39, 0.29) is 6.61 Å². The van der Waals surface area contributed by atoms with Crippen LogP contribution in [0.2, 0.25) is 0 Å². The molecule has 8 rings (SSSR count). The van der Waals surface area contributed by atoms with E-state index in [2.05, 4.69) is 161 Å². The second kappa shape index (κ2) is 17.6. The Kier molecular flexibility index (Phi) is 11.2. The first-order valence-electron chi connectivity index (χ1n) is 19.1. The van der Waals surface area contributed by atoms with Crippen LogP contribution in [0.25, 0.3) is 44.6 Å². The van der Waals surface area contributed by atoms with E-state index in [4.69, 9.17) is 25.4 Å². The standard InChI is InChI=1S/C56H31NO4/c1-5-9-17-30-58-52-36-45-46-37-53(59-31-18-10-6-2)55(61-33-20-12-8-4)39-50(46)56(49(45)38-54(52)60-32-19-11-7-3)47-25-14-13-24-43(47)44-35-41(27-28-48(44)56)40-22-21-23-42(34-40)51-26-15-16-29-57-51/h1,13-16,21-29,34-39H,30H2,2-4H3. The quantitative estimate of drug-likeness (QED) is 0.151. The highest BCUT2D eigenvalue weighted by Gasteiger charge is 2.53. The van der Waals surface area contributed by atoms with Crippen LogP contribution >= 0.6 is 0 Å². The molecule has 1 spiro atoms. The van der Waals surface area contributed by atoms with Crippen LogP contribution in [0, 0.1) is 95.8 Å². The molecule has 6 aromatic rings. The van der Waals surface area contributed by atoms with Crippen molar-refractivity contribution in [3.63, 3.8) is 0 Å². The van der Waals surface area contributed by atoms with Crippen molar-refractivity contribution < 1.29 is 18.9 Å². The summed E-state index contributed by atoms with van der Waals surface area (Å²) in [5, 5.41) is 0. The van der Waals surface area contributed by atoms with Crippen LogP contribution in [0.3, 0.4) is 0 Å². The first-order valence-corrected chi connectivity index (χ1v) is 19.1. The summed E-state index contributed by atoms with van der Waals surface area (Å²) >= 11 is 0. The fourth-order valence-electron chi connectivity index (χ4n) is 7.83. The van der Waals surface area contributed by atoms with Gasteiger partial charge < -0.3 is 18.9 Å². The highest BCUT2D eigenvalue weighted by Crippen LogP contribution is 2.65. The molecule has 61 heavy (non-hydrogen) atoms. The Morgan fingerprint density at radius 2 is 1.07 bits per heavy atom. The monoisotopic (exact) mass is 781 g/mol. The SMILES string of the molecule is C#CC#CCOc1cc2c(cc1OC#CC#CC)C1(c3ccccc3-c3cc(-c4cccc(-c5ccccn5)c4)ccc31)c1cc(OC#CC#CC)c(OC#CC#CC)cc1-2. The molecular formula is C56H31NO4. The van der Waals surface area contributed by atoms with Crippen molar-refractivity contribution in [2.75, 3.05) is 6.61 Å². The van der Waals surface area contributed by atoms with Gasteiger partial charge in [-0.25, -0.2) is 0 Å². The van der Waals surface area contributed by atoms with Gasteiger partial charge in [0, 0.05) is 29.5 Å². The van der Waals surface area contributed by atoms with E-state index >= 15 is 0 Å². The molecule has 1 aromatic heterocycles. The molecule has 1 heterocycles. The molecule has 0 radical (unpaired) electrons. The van der Waals surface area contributed by atoms with Gasteiger partial charge in [0.05, 0.1) is 11.1 Å². The van der Waals surface area contributed by atoms with E-state index in [1.807, 2.05) is 48.7 Å². The van der Waals surface area contributed by atoms with Gasteiger partial charge >= 0.3 is 0 Å². The molecule has 2 aliphatic rings. The normalized spacial score (nSPS) is 12.4. The van der Waals surface area contributed by atoms with Gasteiger partial charge in [-0.2, -0.15) is 0 Å². The maximum absolute atomic E-state index is 6.23. The number of nitrogens with zero attached hydrogens (tertiary/aromatic N) is 1. The Balaban J connectivity index is 1.41. The molecule has 0 bridgehead atoms. The Morgan fingerprint density at radius 3 is 1.72 bits per heavy atom. The molecular weight excluding hydrogens is 751 g/mol. The molecule has 0 N–H and O–H groups in total. The number of rotatable bonds is 7. The maximum atomic E-state index is 6.23. The summed E-state index contributed by atoms with van der Waals surface area (Å²) in [4.78, 5) is 4.60. The number of benzene rings is 5. The molecule has 2 aliphatic carbocycles. The fourth-order valence-corrected chi connectivity index (χ4v) is 7.83. The second-order valence-electron chi connectivity index (χ2n) is 13.4. The molecule has 1 unspecified atom stereocenters. The van der Waals surface area contributed by atoms with E-state index in [1.54, 1.807) is 20.8 Å². The summed E-state index contributed by atoms with van der Waals surface area (Å²) in [6.45, 7) is 5.15. The van der Waals surface area contributed by atoms with E-state index in [0.29, 0.717) is 23.0 Å². The minimum atomic E-state index is -0.881. The number of fused-ring (bicyclic) bond motifs is 10. The maximum Gasteiger partial charge on any atom is 0.184 e. The van der Waals surface area contributed by atoms with Gasteiger partial charge in [0.15, 0.2) is 23.0 Å². The van der Waals surface area contributed by atoms with Crippen LogP contribution in [0.1, 0.15) is 43.0 Å². The van der Waals surface area contributed by atoms with Crippen molar-refractivity contribution in [2.24, 2.45) is 0 Å². The minimum Gasteiger partial charge on any atom is -0.477 e. The Hall–Kier alpha value is -9.07. The summed E-state index contributed by atoms with van der Waals surface area (Å²) in [5.41, 5.74) is 11.0. The molecule has 1 atom stereocenters. The Labute approximate surface area is 356 Å². The van der Waals surface area contributed by atoms with Crippen LogP contribution in [-0.2, 0) is 5.41 Å². The molecule has 0 amide bonds. The van der Waals surface area contributed by atoms with Crippen molar-refractivity contribution in [1.82, 2.24) is 4.98 Å². The molecule has 0 saturated heterocycles. The fraction of sp³-hybridized carbons (Fsp3) is 0.0893. The van der Waals surface area contributed by atoms with Crippen LogP contribution in [-0.4, -0.2) is 11.6 Å². The minimum absolute atomic E-state index is 0.0179. The highest BCUT2D eigenvalue weighted by molar-refractivity contribution is 5.97. The lowest BCUT2D eigenvalue weighted by molar-refractivity contribution is 0.350. The molecule has 5 nitrogen and oxygen atoms in total. The predicted molar refractivity (Wildman–Crippen MR) is 239 cm³/mol. The van der Waals surface area contributed by atoms with Crippen molar-refractivity contribution >= 4 is 0 Å². The summed E-state index contributed by atoms with van der Waals surface area (Å²) in [5.74, 6) is 34.0. The average Bonchev–Trinajstić information content (AvgIpc) is 3.75. The van der Waals surface area contributed by atoms with E-state index < -0.39 is 5.41 Å². The van der Waals surface area contributed by atoms with Crippen LogP contribution in [0.15, 0.2) is 115 Å². The lowest BCUT2D eigenvalue weighted by Crippen LogP contribution is -2.26. The lowest BCUT2D eigenvalue weighted by Gasteiger charge is -2.31. The van der Waals surface area contributed by atoms with Crippen LogP contribution in [0.4, 0.5) is 0 Å². The third-order valence-electron chi connectivity index (χ3n) is 10.1. The molecule has 284 valence electrons. The molecule has 5 aromatic carbocycles. The number of pyridine rings is 1. The van der Waals surface area contributed by atoms with Gasteiger partial charge in [-0.15, -0.1) is 6.42 Å². The van der Waals surface area contributed by atoms with E-state index in [9.17, 15) is 0 Å². The number of hydrogen-bond donors (Lipinski definition) is 0. The van der Waals surface area contributed by atoms with E-state index in [0.717, 1.165) is 66.9 Å². The van der Waals surface area contributed by atoms with E-state index in [1.165, 1.54) is 0 Å². The zero-order chi connectivity index (χ0) is 42.0. The molecule has 0 saturated carbocycles. The topological polar surface area (TPSA) is 49.8 Å². The zero-order valence-electron chi connectivity index (χ0n) is 33.3. The summed E-state index contributed by atoms with van der Waals surface area (Å²) in [7, 11) is 0. The highest BCUT2D eigenvalue weighted by atomic mass is 16.5. The Bertz CT molecular complexity index is 3270. The third kappa shape index (κ3) is 7.34. The molecule has 0 fully saturated rings. The van der Waals surface area contributed by atoms with Gasteiger partial charge in [0.2, 0.25) is 0 Å². The van der Waals surface area contributed by atoms with Gasteiger partial charge in [0.25, 0.3) is 0 Å². The van der Waals surface area contributed by atoms with Crippen LogP contribution < -0.4 is 18.9 Å². The Morgan fingerprint density at radius 1 is 0.492 bits per heavy atom. The largest absolute Gasteiger partial charge is 0.477 e. The number of terminal acetylenes is 1. The average molecular weight is 782 g/mol. The number of hydrogen-bond acceptors (Lipinski definition) is 5. The number of aromatic nitrogens is 1. The first kappa shape index (κ1) is 38.8. The summed E-state index contributed by atoms with van der Waals surface area (Å²) < 4.78 is 24.5. The summed E-state index contributed by atoms with van der Waals surface area (Å²) in [6, 6.07) is 37.3. The van der Waals surface area contributed by atoms with Crippen molar-refractivity contribution in [3.8, 4) is 163 Å². The smallest absolute Gasteiger partial charge is 0.184 e. The molecule has 0 aliphatic heterocycles. The van der Waals surface area contributed by atoms with Crippen molar-refractivity contribution in [3.05, 3.63) is 138 Å². The van der Waals surface area contributed by atoms with Gasteiger partial charge in [-0.05, 0) is 160 Å². The molecule has 5 heteroatoms. The van der Waals surface area contributed by atoms with Gasteiger partial charge in [-0.1, -0.05) is 78.4 Å². The summed E-state index contributed by atoms with van der Waals surface area (Å²) in [6.07, 6.45) is 15.4. The van der Waals surface area contributed by atoms with Crippen molar-refractivity contribution in [1.29, 1.82) is 0 Å². The van der Waals surface area contributed by atoms with Gasteiger partial charge in [-0.3, -0.25) is 4.98 Å². The first-order chi connectivity index (χ1) is 30.1. The second-order valence-corrected chi connectivity index (χ2v) is 13.4.